The second kappa shape index (κ2) is 4.33. The molecule has 5 heteroatoms. The van der Waals surface area contributed by atoms with E-state index in [0.29, 0.717) is 12.1 Å². The minimum atomic E-state index is 0.331. The molecule has 2 N–H and O–H groups in total. The Morgan fingerprint density at radius 1 is 1.41 bits per heavy atom. The normalized spacial score (nSPS) is 26.5. The molecule has 0 aromatic carbocycles. The van der Waals surface area contributed by atoms with Crippen molar-refractivity contribution < 1.29 is 0 Å². The van der Waals surface area contributed by atoms with Gasteiger partial charge in [-0.1, -0.05) is 0 Å². The van der Waals surface area contributed by atoms with Gasteiger partial charge in [-0.3, -0.25) is 4.90 Å². The van der Waals surface area contributed by atoms with Crippen molar-refractivity contribution in [3.05, 3.63) is 23.3 Å². The summed E-state index contributed by atoms with van der Waals surface area (Å²) in [5, 5.41) is 9.04. The van der Waals surface area contributed by atoms with Crippen LogP contribution in [0.25, 0.3) is 10.1 Å². The molecule has 90 valence electrons. The largest absolute Gasteiger partial charge is 0.328 e. The average Bonchev–Trinajstić information content (AvgIpc) is 2.75. The number of rotatable bonds is 1. The quantitative estimate of drug-likeness (QED) is 0.836. The van der Waals surface area contributed by atoms with Gasteiger partial charge in [0.05, 0.1) is 17.1 Å². The fraction of sp³-hybridized carbons (Fsp3) is 0.500. The summed E-state index contributed by atoms with van der Waals surface area (Å²) in [6.45, 7) is 1.08. The molecular weight excluding hydrogens is 232 g/mol. The molecule has 3 rings (SSSR count). The molecule has 2 unspecified atom stereocenters. The maximum Gasteiger partial charge on any atom is 0.0674 e. The van der Waals surface area contributed by atoms with E-state index >= 15 is 0 Å². The maximum atomic E-state index is 6.07. The Kier molecular flexibility index (Phi) is 2.82. The number of hydrogen-bond acceptors (Lipinski definition) is 5. The molecule has 2 atom stereocenters. The molecule has 1 saturated heterocycles. The number of likely N-dealkylation sites (tertiary alicyclic amines) is 1. The van der Waals surface area contributed by atoms with Gasteiger partial charge < -0.3 is 5.73 Å². The lowest BCUT2D eigenvalue weighted by atomic mass is 9.97. The summed E-state index contributed by atoms with van der Waals surface area (Å²) in [6.07, 6.45) is 5.82. The van der Waals surface area contributed by atoms with E-state index in [1.165, 1.54) is 15.0 Å². The standard InChI is InChI=1S/C12H16N4S/c1-16-3-2-9(13)5-10(16)11-4-8-6-14-15-7-12(8)17-11/h4,6-7,9-10H,2-3,5,13H2,1H3. The maximum absolute atomic E-state index is 6.07. The van der Waals surface area contributed by atoms with E-state index in [0.717, 1.165) is 19.4 Å². The Labute approximate surface area is 104 Å². The highest BCUT2D eigenvalue weighted by Gasteiger charge is 2.26. The SMILES string of the molecule is CN1CCC(N)CC1c1cc2cnncc2s1. The summed E-state index contributed by atoms with van der Waals surface area (Å²) < 4.78 is 1.21. The number of fused-ring (bicyclic) bond motifs is 1. The Balaban J connectivity index is 1.96. The third kappa shape index (κ3) is 2.06. The second-order valence-corrected chi connectivity index (χ2v) is 5.85. The molecule has 2 aromatic rings. The highest BCUT2D eigenvalue weighted by Crippen LogP contribution is 2.36. The molecular formula is C12H16N4S. The van der Waals surface area contributed by atoms with Gasteiger partial charge in [-0.05, 0) is 32.5 Å². The van der Waals surface area contributed by atoms with E-state index in [1.807, 2.05) is 23.7 Å². The fourth-order valence-electron chi connectivity index (χ4n) is 2.43. The van der Waals surface area contributed by atoms with E-state index in [4.69, 9.17) is 5.73 Å². The highest BCUT2D eigenvalue weighted by molar-refractivity contribution is 7.19. The zero-order valence-electron chi connectivity index (χ0n) is 9.84. The van der Waals surface area contributed by atoms with Crippen LogP contribution >= 0.6 is 11.3 Å². The van der Waals surface area contributed by atoms with Crippen LogP contribution in [0.5, 0.6) is 0 Å². The summed E-state index contributed by atoms with van der Waals surface area (Å²) in [7, 11) is 2.18. The predicted molar refractivity (Wildman–Crippen MR) is 70.0 cm³/mol. The lowest BCUT2D eigenvalue weighted by Gasteiger charge is -2.35. The van der Waals surface area contributed by atoms with Gasteiger partial charge in [0.1, 0.15) is 0 Å². The molecule has 0 bridgehead atoms. The molecule has 3 heterocycles. The first-order valence-electron chi connectivity index (χ1n) is 5.90. The highest BCUT2D eigenvalue weighted by atomic mass is 32.1. The van der Waals surface area contributed by atoms with Gasteiger partial charge >= 0.3 is 0 Å². The first-order valence-corrected chi connectivity index (χ1v) is 6.71. The topological polar surface area (TPSA) is 55.0 Å². The molecule has 1 aliphatic heterocycles. The van der Waals surface area contributed by atoms with Crippen molar-refractivity contribution in [1.82, 2.24) is 15.1 Å². The van der Waals surface area contributed by atoms with Gasteiger partial charge in [0, 0.05) is 22.3 Å². The average molecular weight is 248 g/mol. The van der Waals surface area contributed by atoms with E-state index in [9.17, 15) is 0 Å². The van der Waals surface area contributed by atoms with Crippen LogP contribution in [0.3, 0.4) is 0 Å². The third-order valence-corrected chi connectivity index (χ3v) is 4.67. The van der Waals surface area contributed by atoms with Gasteiger partial charge in [-0.25, -0.2) is 0 Å². The van der Waals surface area contributed by atoms with Crippen LogP contribution in [-0.4, -0.2) is 34.7 Å². The molecule has 1 fully saturated rings. The summed E-state index contributed by atoms with van der Waals surface area (Å²) in [5.74, 6) is 0. The molecule has 0 amide bonds. The fourth-order valence-corrected chi connectivity index (χ4v) is 3.61. The number of thiophene rings is 1. The van der Waals surface area contributed by atoms with E-state index in [-0.39, 0.29) is 0 Å². The zero-order chi connectivity index (χ0) is 11.8. The summed E-state index contributed by atoms with van der Waals surface area (Å²) in [6, 6.07) is 3.02. The molecule has 0 aliphatic carbocycles. The van der Waals surface area contributed by atoms with Crippen molar-refractivity contribution in [2.45, 2.75) is 24.9 Å². The lowest BCUT2D eigenvalue weighted by Crippen LogP contribution is -2.39. The van der Waals surface area contributed by atoms with Crippen LogP contribution in [0.2, 0.25) is 0 Å². The zero-order valence-corrected chi connectivity index (χ0v) is 10.7. The summed E-state index contributed by atoms with van der Waals surface area (Å²) in [5.41, 5.74) is 6.07. The minimum absolute atomic E-state index is 0.331. The summed E-state index contributed by atoms with van der Waals surface area (Å²) >= 11 is 1.81. The van der Waals surface area contributed by atoms with Crippen LogP contribution < -0.4 is 5.73 Å². The first-order chi connectivity index (χ1) is 8.24. The first kappa shape index (κ1) is 11.1. The van der Waals surface area contributed by atoms with Crippen LogP contribution in [-0.2, 0) is 0 Å². The minimum Gasteiger partial charge on any atom is -0.328 e. The van der Waals surface area contributed by atoms with E-state index in [2.05, 4.69) is 28.2 Å². The number of hydrogen-bond donors (Lipinski definition) is 1. The van der Waals surface area contributed by atoms with Gasteiger partial charge in [0.2, 0.25) is 0 Å². The van der Waals surface area contributed by atoms with Crippen molar-refractivity contribution >= 4 is 21.4 Å². The van der Waals surface area contributed by atoms with Crippen LogP contribution in [0.4, 0.5) is 0 Å². The van der Waals surface area contributed by atoms with Gasteiger partial charge in [0.15, 0.2) is 0 Å². The molecule has 0 saturated carbocycles. The Morgan fingerprint density at radius 3 is 3.06 bits per heavy atom. The van der Waals surface area contributed by atoms with Crippen molar-refractivity contribution in [3.63, 3.8) is 0 Å². The monoisotopic (exact) mass is 248 g/mol. The Bertz CT molecular complexity index is 491. The van der Waals surface area contributed by atoms with Crippen LogP contribution in [0.1, 0.15) is 23.8 Å². The molecule has 1 aliphatic rings. The van der Waals surface area contributed by atoms with Gasteiger partial charge in [-0.2, -0.15) is 10.2 Å². The molecule has 2 aromatic heterocycles. The van der Waals surface area contributed by atoms with Crippen LogP contribution in [0, 0.1) is 0 Å². The molecule has 0 radical (unpaired) electrons. The van der Waals surface area contributed by atoms with Crippen molar-refractivity contribution in [3.8, 4) is 0 Å². The predicted octanol–water partition coefficient (Wildman–Crippen LogP) is 1.79. The van der Waals surface area contributed by atoms with Gasteiger partial charge in [-0.15, -0.1) is 11.3 Å². The van der Waals surface area contributed by atoms with Crippen molar-refractivity contribution in [2.24, 2.45) is 5.73 Å². The van der Waals surface area contributed by atoms with E-state index < -0.39 is 0 Å². The van der Waals surface area contributed by atoms with Crippen LogP contribution in [0.15, 0.2) is 18.5 Å². The second-order valence-electron chi connectivity index (χ2n) is 4.74. The Hall–Kier alpha value is -1.04. The lowest BCUT2D eigenvalue weighted by molar-refractivity contribution is 0.174. The smallest absolute Gasteiger partial charge is 0.0674 e. The van der Waals surface area contributed by atoms with Crippen molar-refractivity contribution in [1.29, 1.82) is 0 Å². The Morgan fingerprint density at radius 2 is 2.24 bits per heavy atom. The number of nitrogens with zero attached hydrogens (tertiary/aromatic N) is 3. The number of nitrogens with two attached hydrogens (primary N) is 1. The molecule has 0 spiro atoms. The molecule has 17 heavy (non-hydrogen) atoms. The number of piperidine rings is 1. The molecule has 4 nitrogen and oxygen atoms in total. The van der Waals surface area contributed by atoms with Crippen molar-refractivity contribution in [2.75, 3.05) is 13.6 Å². The summed E-state index contributed by atoms with van der Waals surface area (Å²) in [4.78, 5) is 3.78. The number of aromatic nitrogens is 2. The van der Waals surface area contributed by atoms with Gasteiger partial charge in [0.25, 0.3) is 0 Å². The van der Waals surface area contributed by atoms with E-state index in [1.54, 1.807) is 0 Å². The third-order valence-electron chi connectivity index (χ3n) is 3.49.